The van der Waals surface area contributed by atoms with Crippen molar-refractivity contribution in [2.75, 3.05) is 0 Å². The molecule has 4 N–H and O–H groups in total. The minimum Gasteiger partial charge on any atom is -0.433 e. The number of rotatable bonds is 9. The minimum absolute atomic E-state index is 0.00376. The standard InChI is InChI=1S/C11H21N3O8P2/c1-3-10(15)22-11(23(16,17)18,24(19,20)21)7-5-4-6-9-8-14(2)13-12-9/h8H,3-7H2,1-2H3,(H2,16,17,18)(H2,19,20,21). The summed E-state index contributed by atoms with van der Waals surface area (Å²) in [4.78, 5) is 49.2. The molecule has 24 heavy (non-hydrogen) atoms. The van der Waals surface area contributed by atoms with Gasteiger partial charge in [0.15, 0.2) is 0 Å². The summed E-state index contributed by atoms with van der Waals surface area (Å²) in [6.07, 6.45) is 1.42. The number of nitrogens with zero attached hydrogens (tertiary/aromatic N) is 3. The van der Waals surface area contributed by atoms with E-state index in [-0.39, 0.29) is 12.8 Å². The first-order valence-electron chi connectivity index (χ1n) is 7.11. The van der Waals surface area contributed by atoms with E-state index >= 15 is 0 Å². The third-order valence-electron chi connectivity index (χ3n) is 3.31. The number of carbonyl (C=O) groups excluding carboxylic acids is 1. The van der Waals surface area contributed by atoms with Crippen molar-refractivity contribution in [3.8, 4) is 0 Å². The van der Waals surface area contributed by atoms with Crippen molar-refractivity contribution in [3.63, 3.8) is 0 Å². The van der Waals surface area contributed by atoms with E-state index < -0.39 is 32.7 Å². The molecule has 0 bridgehead atoms. The van der Waals surface area contributed by atoms with Gasteiger partial charge in [-0.1, -0.05) is 12.1 Å². The molecule has 138 valence electrons. The van der Waals surface area contributed by atoms with Gasteiger partial charge in [-0.2, -0.15) is 0 Å². The van der Waals surface area contributed by atoms with Crippen LogP contribution in [0.3, 0.4) is 0 Å². The lowest BCUT2D eigenvalue weighted by atomic mass is 10.1. The fourth-order valence-electron chi connectivity index (χ4n) is 2.06. The summed E-state index contributed by atoms with van der Waals surface area (Å²) in [7, 11) is -9.21. The van der Waals surface area contributed by atoms with Crippen LogP contribution in [-0.2, 0) is 32.1 Å². The van der Waals surface area contributed by atoms with Gasteiger partial charge in [0, 0.05) is 26.1 Å². The van der Waals surface area contributed by atoms with E-state index in [1.807, 2.05) is 0 Å². The van der Waals surface area contributed by atoms with Crippen LogP contribution < -0.4 is 0 Å². The van der Waals surface area contributed by atoms with Gasteiger partial charge >= 0.3 is 26.2 Å². The lowest BCUT2D eigenvalue weighted by Crippen LogP contribution is -2.35. The largest absolute Gasteiger partial charge is 0.433 e. The van der Waals surface area contributed by atoms with Crippen LogP contribution in [0.1, 0.15) is 38.3 Å². The molecule has 0 aliphatic heterocycles. The second-order valence-corrected chi connectivity index (χ2v) is 9.22. The highest BCUT2D eigenvalue weighted by Gasteiger charge is 2.63. The third kappa shape index (κ3) is 4.95. The van der Waals surface area contributed by atoms with Crippen molar-refractivity contribution in [1.29, 1.82) is 0 Å². The number of aromatic nitrogens is 3. The number of aryl methyl sites for hydroxylation is 2. The van der Waals surface area contributed by atoms with Crippen LogP contribution in [0.2, 0.25) is 0 Å². The molecule has 13 heteroatoms. The molecule has 0 aliphatic rings. The number of unbranched alkanes of at least 4 members (excludes halogenated alkanes) is 1. The fourth-order valence-corrected chi connectivity index (χ4v) is 4.75. The Morgan fingerprint density at radius 2 is 1.83 bits per heavy atom. The number of hydrogen-bond acceptors (Lipinski definition) is 6. The maximum Gasteiger partial charge on any atom is 0.381 e. The molecule has 0 amide bonds. The second kappa shape index (κ2) is 7.86. The highest BCUT2D eigenvalue weighted by Crippen LogP contribution is 2.71. The molecule has 0 unspecified atom stereocenters. The summed E-state index contributed by atoms with van der Waals surface area (Å²) < 4.78 is 29.5. The Hall–Kier alpha value is -1.09. The summed E-state index contributed by atoms with van der Waals surface area (Å²) in [6, 6.07) is 0. The summed E-state index contributed by atoms with van der Waals surface area (Å²) >= 11 is 0. The number of hydrogen-bond donors (Lipinski definition) is 4. The lowest BCUT2D eigenvalue weighted by molar-refractivity contribution is -0.149. The predicted octanol–water partition coefficient (Wildman–Crippen LogP) is 0.490. The van der Waals surface area contributed by atoms with Crippen LogP contribution in [0.15, 0.2) is 6.20 Å². The van der Waals surface area contributed by atoms with Crippen LogP contribution in [0.5, 0.6) is 0 Å². The maximum absolute atomic E-state index is 11.7. The summed E-state index contributed by atoms with van der Waals surface area (Å²) in [5.41, 5.74) is 0.626. The van der Waals surface area contributed by atoms with Crippen LogP contribution in [-0.4, -0.2) is 45.6 Å². The SMILES string of the molecule is CCC(=O)OC(CCCCc1cn(C)nn1)(P(=O)(O)O)P(=O)(O)O. The summed E-state index contributed by atoms with van der Waals surface area (Å²) in [5.74, 6) is -1.10. The topological polar surface area (TPSA) is 172 Å². The smallest absolute Gasteiger partial charge is 0.381 e. The van der Waals surface area contributed by atoms with Crippen molar-refractivity contribution in [2.24, 2.45) is 7.05 Å². The van der Waals surface area contributed by atoms with E-state index in [1.54, 1.807) is 13.2 Å². The molecule has 0 fully saturated rings. The molecule has 0 atom stereocenters. The van der Waals surface area contributed by atoms with Gasteiger partial charge in [-0.25, -0.2) is 0 Å². The van der Waals surface area contributed by atoms with Gasteiger partial charge in [0.25, 0.3) is 0 Å². The monoisotopic (exact) mass is 385 g/mol. The molecule has 0 aromatic carbocycles. The Bertz CT molecular complexity index is 642. The Balaban J connectivity index is 2.90. The molecular weight excluding hydrogens is 364 g/mol. The average molecular weight is 385 g/mol. The van der Waals surface area contributed by atoms with Gasteiger partial charge < -0.3 is 24.3 Å². The molecule has 0 spiro atoms. The van der Waals surface area contributed by atoms with Crippen molar-refractivity contribution < 1.29 is 38.2 Å². The van der Waals surface area contributed by atoms with Crippen LogP contribution in [0.25, 0.3) is 0 Å². The lowest BCUT2D eigenvalue weighted by Gasteiger charge is -2.33. The van der Waals surface area contributed by atoms with E-state index in [0.29, 0.717) is 18.5 Å². The van der Waals surface area contributed by atoms with Crippen molar-refractivity contribution in [3.05, 3.63) is 11.9 Å². The molecule has 0 radical (unpaired) electrons. The zero-order valence-electron chi connectivity index (χ0n) is 13.3. The zero-order chi connectivity index (χ0) is 18.6. The molecule has 11 nitrogen and oxygen atoms in total. The van der Waals surface area contributed by atoms with Crippen molar-refractivity contribution in [2.45, 2.75) is 44.1 Å². The van der Waals surface area contributed by atoms with Gasteiger partial charge in [-0.3, -0.25) is 18.6 Å². The van der Waals surface area contributed by atoms with E-state index in [9.17, 15) is 33.5 Å². The summed E-state index contributed by atoms with van der Waals surface area (Å²) in [6.45, 7) is 1.35. The first-order valence-corrected chi connectivity index (χ1v) is 10.3. The highest BCUT2D eigenvalue weighted by atomic mass is 31.2. The first-order chi connectivity index (χ1) is 10.9. The molecule has 1 heterocycles. The molecule has 1 aromatic heterocycles. The van der Waals surface area contributed by atoms with E-state index in [1.165, 1.54) is 11.6 Å². The molecule has 1 rings (SSSR count). The van der Waals surface area contributed by atoms with Crippen LogP contribution >= 0.6 is 15.2 Å². The first kappa shape index (κ1) is 21.0. The molecule has 0 saturated heterocycles. The zero-order valence-corrected chi connectivity index (χ0v) is 15.1. The van der Waals surface area contributed by atoms with E-state index in [2.05, 4.69) is 15.0 Å². The Morgan fingerprint density at radius 1 is 1.25 bits per heavy atom. The minimum atomic E-state index is -5.44. The molecule has 0 aliphatic carbocycles. The van der Waals surface area contributed by atoms with Crippen LogP contribution in [0.4, 0.5) is 0 Å². The van der Waals surface area contributed by atoms with Gasteiger partial charge in [0.05, 0.1) is 5.69 Å². The quantitative estimate of drug-likeness (QED) is 0.266. The molecule has 1 aromatic rings. The van der Waals surface area contributed by atoms with E-state index in [4.69, 9.17) is 0 Å². The molecular formula is C11H21N3O8P2. The highest BCUT2D eigenvalue weighted by molar-refractivity contribution is 7.72. The van der Waals surface area contributed by atoms with Crippen molar-refractivity contribution in [1.82, 2.24) is 15.0 Å². The Morgan fingerprint density at radius 3 is 2.25 bits per heavy atom. The van der Waals surface area contributed by atoms with Gasteiger partial charge in [-0.05, 0) is 19.3 Å². The molecule has 0 saturated carbocycles. The second-order valence-electron chi connectivity index (χ2n) is 5.25. The van der Waals surface area contributed by atoms with Gasteiger partial charge in [-0.15, -0.1) is 5.10 Å². The van der Waals surface area contributed by atoms with Gasteiger partial charge in [0.2, 0.25) is 0 Å². The Labute approximate surface area is 138 Å². The number of esters is 1. The average Bonchev–Trinajstić information content (AvgIpc) is 2.84. The Kier molecular flexibility index (Phi) is 6.86. The predicted molar refractivity (Wildman–Crippen MR) is 81.8 cm³/mol. The van der Waals surface area contributed by atoms with E-state index in [0.717, 1.165) is 0 Å². The normalized spacial score (nSPS) is 13.1. The van der Waals surface area contributed by atoms with Crippen molar-refractivity contribution >= 4 is 21.2 Å². The number of carbonyl (C=O) groups is 1. The third-order valence-corrected chi connectivity index (χ3v) is 7.33. The van der Waals surface area contributed by atoms with Gasteiger partial charge in [0.1, 0.15) is 0 Å². The summed E-state index contributed by atoms with van der Waals surface area (Å²) in [5, 5.41) is 4.39. The number of ether oxygens (including phenoxy) is 1. The fraction of sp³-hybridized carbons (Fsp3) is 0.727. The maximum atomic E-state index is 11.7. The van der Waals surface area contributed by atoms with Crippen LogP contribution in [0, 0.1) is 0 Å².